The molecule has 0 atom stereocenters. The summed E-state index contributed by atoms with van der Waals surface area (Å²) in [5.41, 5.74) is 0.544. The van der Waals surface area contributed by atoms with E-state index in [1.54, 1.807) is 0 Å². The second-order valence-electron chi connectivity index (χ2n) is 7.17. The van der Waals surface area contributed by atoms with E-state index in [-0.39, 0.29) is 0 Å². The summed E-state index contributed by atoms with van der Waals surface area (Å²) in [5, 5.41) is 3.70. The number of likely N-dealkylation sites (tertiary alicyclic amines) is 1. The molecule has 0 amide bonds. The van der Waals surface area contributed by atoms with E-state index < -0.39 is 0 Å². The van der Waals surface area contributed by atoms with Crippen LogP contribution in [0.25, 0.3) is 0 Å². The molecule has 3 heteroatoms. The van der Waals surface area contributed by atoms with Gasteiger partial charge in [-0.1, -0.05) is 26.7 Å². The lowest BCUT2D eigenvalue weighted by Gasteiger charge is -2.39. The van der Waals surface area contributed by atoms with Crippen molar-refractivity contribution in [3.8, 4) is 0 Å². The lowest BCUT2D eigenvalue weighted by atomic mass is 9.84. The van der Waals surface area contributed by atoms with Crippen molar-refractivity contribution in [3.63, 3.8) is 0 Å². The van der Waals surface area contributed by atoms with Gasteiger partial charge in [-0.15, -0.1) is 0 Å². The first-order chi connectivity index (χ1) is 9.63. The highest BCUT2D eigenvalue weighted by Gasteiger charge is 2.36. The Morgan fingerprint density at radius 2 is 1.85 bits per heavy atom. The van der Waals surface area contributed by atoms with Gasteiger partial charge in [-0.3, -0.25) is 0 Å². The Labute approximate surface area is 125 Å². The quantitative estimate of drug-likeness (QED) is 0.777. The average molecular weight is 282 g/mol. The maximum atomic E-state index is 5.77. The first-order valence-corrected chi connectivity index (χ1v) is 8.71. The molecule has 0 aromatic heterocycles. The number of rotatable bonds is 7. The van der Waals surface area contributed by atoms with Crippen LogP contribution in [-0.2, 0) is 4.74 Å². The van der Waals surface area contributed by atoms with E-state index in [1.165, 1.54) is 64.7 Å². The topological polar surface area (TPSA) is 24.5 Å². The van der Waals surface area contributed by atoms with Gasteiger partial charge in [0.05, 0.1) is 6.10 Å². The lowest BCUT2D eigenvalue weighted by Crippen LogP contribution is -2.47. The normalized spacial score (nSPS) is 24.6. The first-order valence-electron chi connectivity index (χ1n) is 8.71. The maximum absolute atomic E-state index is 5.77. The van der Waals surface area contributed by atoms with Gasteiger partial charge in [-0.2, -0.15) is 0 Å². The van der Waals surface area contributed by atoms with E-state index in [1.807, 2.05) is 0 Å². The molecule has 1 N–H and O–H groups in total. The number of hydrogen-bond donors (Lipinski definition) is 1. The van der Waals surface area contributed by atoms with Gasteiger partial charge in [-0.25, -0.2) is 0 Å². The molecule has 3 nitrogen and oxygen atoms in total. The zero-order valence-electron chi connectivity index (χ0n) is 13.8. The zero-order valence-corrected chi connectivity index (χ0v) is 13.8. The molecule has 1 saturated carbocycles. The van der Waals surface area contributed by atoms with Crippen LogP contribution in [-0.4, -0.2) is 49.8 Å². The summed E-state index contributed by atoms with van der Waals surface area (Å²) in [7, 11) is 0. The highest BCUT2D eigenvalue weighted by atomic mass is 16.5. The number of nitrogens with one attached hydrogen (secondary N) is 1. The Bertz CT molecular complexity index is 266. The van der Waals surface area contributed by atoms with E-state index in [2.05, 4.69) is 31.0 Å². The molecule has 118 valence electrons. The molecule has 0 unspecified atom stereocenters. The summed E-state index contributed by atoms with van der Waals surface area (Å²) in [6.45, 7) is 12.5. The number of hydrogen-bond acceptors (Lipinski definition) is 3. The van der Waals surface area contributed by atoms with Crippen LogP contribution < -0.4 is 5.32 Å². The molecule has 1 saturated heterocycles. The SMILES string of the molecule is CCOC1CCN(CC2(CNC(C)C)CCCC2)CC1. The monoisotopic (exact) mass is 282 g/mol. The molecule has 0 spiro atoms. The van der Waals surface area contributed by atoms with Crippen LogP contribution in [0.1, 0.15) is 59.3 Å². The van der Waals surface area contributed by atoms with E-state index in [9.17, 15) is 0 Å². The Kier molecular flexibility index (Phi) is 6.31. The summed E-state index contributed by atoms with van der Waals surface area (Å²) < 4.78 is 5.77. The average Bonchev–Trinajstić information content (AvgIpc) is 2.88. The van der Waals surface area contributed by atoms with Crippen LogP contribution in [0.5, 0.6) is 0 Å². The first kappa shape index (κ1) is 16.3. The molecule has 2 aliphatic rings. The fourth-order valence-corrected chi connectivity index (χ4v) is 3.88. The predicted octanol–water partition coefficient (Wildman–Crippen LogP) is 3.05. The minimum absolute atomic E-state index is 0.518. The second-order valence-corrected chi connectivity index (χ2v) is 7.17. The van der Waals surface area contributed by atoms with E-state index in [0.717, 1.165) is 6.61 Å². The third-order valence-corrected chi connectivity index (χ3v) is 5.05. The molecule has 1 heterocycles. The molecular formula is C17H34N2O. The molecule has 1 aliphatic heterocycles. The standard InChI is InChI=1S/C17H34N2O/c1-4-20-16-7-11-19(12-8-16)14-17(9-5-6-10-17)13-18-15(2)3/h15-16,18H,4-14H2,1-3H3. The highest BCUT2D eigenvalue weighted by Crippen LogP contribution is 2.39. The number of piperidine rings is 1. The van der Waals surface area contributed by atoms with Gasteiger partial charge in [0.1, 0.15) is 0 Å². The van der Waals surface area contributed by atoms with Crippen LogP contribution in [0.15, 0.2) is 0 Å². The summed E-state index contributed by atoms with van der Waals surface area (Å²) in [4.78, 5) is 2.70. The van der Waals surface area contributed by atoms with Crippen LogP contribution in [0.3, 0.4) is 0 Å². The second kappa shape index (κ2) is 7.77. The van der Waals surface area contributed by atoms with E-state index in [0.29, 0.717) is 17.6 Å². The van der Waals surface area contributed by atoms with Crippen molar-refractivity contribution in [1.29, 1.82) is 0 Å². The summed E-state index contributed by atoms with van der Waals surface area (Å²) in [5.74, 6) is 0. The predicted molar refractivity (Wildman–Crippen MR) is 85.1 cm³/mol. The molecule has 2 rings (SSSR count). The lowest BCUT2D eigenvalue weighted by molar-refractivity contribution is 0.00406. The number of ether oxygens (including phenoxy) is 1. The summed E-state index contributed by atoms with van der Waals surface area (Å²) >= 11 is 0. The zero-order chi connectivity index (χ0) is 14.4. The molecular weight excluding hydrogens is 248 g/mol. The van der Waals surface area contributed by atoms with Gasteiger partial charge in [0.2, 0.25) is 0 Å². The smallest absolute Gasteiger partial charge is 0.0599 e. The van der Waals surface area contributed by atoms with E-state index >= 15 is 0 Å². The molecule has 20 heavy (non-hydrogen) atoms. The van der Waals surface area contributed by atoms with Crippen molar-refractivity contribution in [3.05, 3.63) is 0 Å². The van der Waals surface area contributed by atoms with Crippen LogP contribution in [0.4, 0.5) is 0 Å². The summed E-state index contributed by atoms with van der Waals surface area (Å²) in [6.07, 6.45) is 8.65. The molecule has 0 radical (unpaired) electrons. The molecule has 0 aromatic rings. The van der Waals surface area contributed by atoms with Crippen molar-refractivity contribution in [2.45, 2.75) is 71.4 Å². The number of nitrogens with zero attached hydrogens (tertiary/aromatic N) is 1. The van der Waals surface area contributed by atoms with Crippen molar-refractivity contribution in [2.24, 2.45) is 5.41 Å². The Morgan fingerprint density at radius 1 is 1.20 bits per heavy atom. The third-order valence-electron chi connectivity index (χ3n) is 5.05. The Morgan fingerprint density at radius 3 is 2.40 bits per heavy atom. The fraction of sp³-hybridized carbons (Fsp3) is 1.00. The largest absolute Gasteiger partial charge is 0.378 e. The minimum atomic E-state index is 0.518. The Hall–Kier alpha value is -0.120. The van der Waals surface area contributed by atoms with E-state index in [4.69, 9.17) is 4.74 Å². The van der Waals surface area contributed by atoms with Gasteiger partial charge in [0, 0.05) is 38.8 Å². The van der Waals surface area contributed by atoms with Crippen LogP contribution in [0, 0.1) is 5.41 Å². The molecule has 0 bridgehead atoms. The van der Waals surface area contributed by atoms with Crippen molar-refractivity contribution in [1.82, 2.24) is 10.2 Å². The third kappa shape index (κ3) is 4.71. The van der Waals surface area contributed by atoms with Crippen molar-refractivity contribution in [2.75, 3.05) is 32.8 Å². The van der Waals surface area contributed by atoms with Gasteiger partial charge in [0.15, 0.2) is 0 Å². The van der Waals surface area contributed by atoms with Crippen LogP contribution >= 0.6 is 0 Å². The van der Waals surface area contributed by atoms with Gasteiger partial charge >= 0.3 is 0 Å². The maximum Gasteiger partial charge on any atom is 0.0599 e. The van der Waals surface area contributed by atoms with Crippen LogP contribution in [0.2, 0.25) is 0 Å². The van der Waals surface area contributed by atoms with Crippen molar-refractivity contribution >= 4 is 0 Å². The molecule has 0 aromatic carbocycles. The van der Waals surface area contributed by atoms with Gasteiger partial charge in [-0.05, 0) is 38.0 Å². The van der Waals surface area contributed by atoms with Gasteiger partial charge in [0.25, 0.3) is 0 Å². The summed E-state index contributed by atoms with van der Waals surface area (Å²) in [6, 6.07) is 0.608. The fourth-order valence-electron chi connectivity index (χ4n) is 3.88. The Balaban J connectivity index is 1.80. The highest BCUT2D eigenvalue weighted by molar-refractivity contribution is 4.91. The molecule has 1 aliphatic carbocycles. The van der Waals surface area contributed by atoms with Crippen molar-refractivity contribution < 1.29 is 4.74 Å². The minimum Gasteiger partial charge on any atom is -0.378 e. The van der Waals surface area contributed by atoms with Gasteiger partial charge < -0.3 is 15.0 Å². The molecule has 2 fully saturated rings.